The van der Waals surface area contributed by atoms with Gasteiger partial charge in [-0.05, 0) is 44.2 Å². The molecule has 6 heteroatoms. The van der Waals surface area contributed by atoms with E-state index >= 15 is 0 Å². The maximum Gasteiger partial charge on any atom is 0.329 e. The maximum atomic E-state index is 11.9. The molecule has 3 rings (SSSR count). The van der Waals surface area contributed by atoms with E-state index in [1.165, 1.54) is 6.21 Å². The predicted octanol–water partition coefficient (Wildman–Crippen LogP) is 3.18. The minimum atomic E-state index is -0.827. The van der Waals surface area contributed by atoms with Crippen LogP contribution in [0.4, 0.5) is 5.69 Å². The van der Waals surface area contributed by atoms with Gasteiger partial charge in [-0.25, -0.2) is 5.43 Å². The molecule has 136 valence electrons. The van der Waals surface area contributed by atoms with E-state index in [1.54, 1.807) is 24.3 Å². The molecule has 0 bridgehead atoms. The first-order valence-electron chi connectivity index (χ1n) is 8.50. The third-order valence-corrected chi connectivity index (χ3v) is 4.09. The molecule has 0 aliphatic carbocycles. The summed E-state index contributed by atoms with van der Waals surface area (Å²) < 4.78 is 2.10. The van der Waals surface area contributed by atoms with Crippen molar-refractivity contribution < 1.29 is 9.59 Å². The molecule has 6 nitrogen and oxygen atoms in total. The highest BCUT2D eigenvalue weighted by Crippen LogP contribution is 2.19. The van der Waals surface area contributed by atoms with Crippen molar-refractivity contribution in [3.05, 3.63) is 83.7 Å². The number of rotatable bonds is 4. The van der Waals surface area contributed by atoms with Crippen LogP contribution < -0.4 is 10.7 Å². The van der Waals surface area contributed by atoms with Gasteiger partial charge < -0.3 is 9.88 Å². The van der Waals surface area contributed by atoms with E-state index in [4.69, 9.17) is 0 Å². The average molecular weight is 360 g/mol. The number of aryl methyl sites for hydroxylation is 1. The van der Waals surface area contributed by atoms with E-state index in [2.05, 4.69) is 20.4 Å². The van der Waals surface area contributed by atoms with Crippen LogP contribution in [0.2, 0.25) is 0 Å². The standard InChI is InChI=1S/C21H20N4O2/c1-15-13-17(16(2)25(15)19-11-7-4-8-12-19)14-22-24-21(27)20(26)23-18-9-5-3-6-10-18/h3-14H,1-2H3,(H,23,26)(H,24,27)/b22-14-. The Morgan fingerprint density at radius 1 is 0.926 bits per heavy atom. The van der Waals surface area contributed by atoms with Crippen molar-refractivity contribution in [1.82, 2.24) is 9.99 Å². The number of nitrogens with one attached hydrogen (secondary N) is 2. The molecule has 1 heterocycles. The van der Waals surface area contributed by atoms with Gasteiger partial charge in [-0.2, -0.15) is 5.10 Å². The topological polar surface area (TPSA) is 75.5 Å². The van der Waals surface area contributed by atoms with E-state index < -0.39 is 11.8 Å². The van der Waals surface area contributed by atoms with Crippen molar-refractivity contribution in [2.75, 3.05) is 5.32 Å². The summed E-state index contributed by atoms with van der Waals surface area (Å²) in [5.41, 5.74) is 6.76. The quantitative estimate of drug-likeness (QED) is 0.426. The number of benzene rings is 2. The number of carbonyl (C=O) groups excluding carboxylic acids is 2. The van der Waals surface area contributed by atoms with Gasteiger partial charge in [0.25, 0.3) is 0 Å². The first-order chi connectivity index (χ1) is 13.1. The number of para-hydroxylation sites is 2. The maximum absolute atomic E-state index is 11.9. The van der Waals surface area contributed by atoms with Gasteiger partial charge in [0, 0.05) is 28.3 Å². The molecule has 0 aliphatic heterocycles. The summed E-state index contributed by atoms with van der Waals surface area (Å²) in [5, 5.41) is 6.42. The van der Waals surface area contributed by atoms with Crippen LogP contribution in [0.3, 0.4) is 0 Å². The summed E-state index contributed by atoms with van der Waals surface area (Å²) in [4.78, 5) is 23.7. The molecule has 3 aromatic rings. The molecule has 2 amide bonds. The molecular weight excluding hydrogens is 340 g/mol. The molecular formula is C21H20N4O2. The molecule has 0 unspecified atom stereocenters. The predicted molar refractivity (Wildman–Crippen MR) is 106 cm³/mol. The van der Waals surface area contributed by atoms with Crippen molar-refractivity contribution in [2.45, 2.75) is 13.8 Å². The van der Waals surface area contributed by atoms with Crippen LogP contribution in [0.5, 0.6) is 0 Å². The van der Waals surface area contributed by atoms with E-state index in [-0.39, 0.29) is 0 Å². The van der Waals surface area contributed by atoms with Gasteiger partial charge in [0.1, 0.15) is 0 Å². The molecule has 0 spiro atoms. The third-order valence-electron chi connectivity index (χ3n) is 4.09. The van der Waals surface area contributed by atoms with Gasteiger partial charge in [-0.15, -0.1) is 0 Å². The third kappa shape index (κ3) is 4.30. The summed E-state index contributed by atoms with van der Waals surface area (Å²) >= 11 is 0. The zero-order valence-corrected chi connectivity index (χ0v) is 15.1. The zero-order valence-electron chi connectivity index (χ0n) is 15.1. The number of hydrogen-bond acceptors (Lipinski definition) is 3. The SMILES string of the molecule is Cc1cc(/C=N\NC(=O)C(=O)Nc2ccccc2)c(C)n1-c1ccccc1. The van der Waals surface area contributed by atoms with Crippen LogP contribution in [0.15, 0.2) is 71.8 Å². The van der Waals surface area contributed by atoms with Gasteiger partial charge >= 0.3 is 11.8 Å². The molecule has 0 saturated heterocycles. The lowest BCUT2D eigenvalue weighted by molar-refractivity contribution is -0.136. The van der Waals surface area contributed by atoms with Gasteiger partial charge in [0.05, 0.1) is 6.21 Å². The van der Waals surface area contributed by atoms with Crippen molar-refractivity contribution >= 4 is 23.7 Å². The molecule has 0 radical (unpaired) electrons. The smallest absolute Gasteiger partial charge is 0.318 e. The van der Waals surface area contributed by atoms with Crippen molar-refractivity contribution in [3.63, 3.8) is 0 Å². The summed E-state index contributed by atoms with van der Waals surface area (Å²) in [6.07, 6.45) is 1.54. The lowest BCUT2D eigenvalue weighted by atomic mass is 10.2. The van der Waals surface area contributed by atoms with Gasteiger partial charge in [-0.3, -0.25) is 9.59 Å². The Bertz CT molecular complexity index is 976. The van der Waals surface area contributed by atoms with Crippen molar-refractivity contribution in [2.24, 2.45) is 5.10 Å². The molecule has 0 aliphatic rings. The lowest BCUT2D eigenvalue weighted by Gasteiger charge is -2.08. The van der Waals surface area contributed by atoms with Crippen LogP contribution in [0.25, 0.3) is 5.69 Å². The summed E-state index contributed by atoms with van der Waals surface area (Å²) in [6.45, 7) is 3.98. The first kappa shape index (κ1) is 18.1. The molecule has 0 atom stereocenters. The molecule has 1 aromatic heterocycles. The van der Waals surface area contributed by atoms with E-state index in [0.29, 0.717) is 5.69 Å². The van der Waals surface area contributed by atoms with E-state index in [1.807, 2.05) is 56.3 Å². The second-order valence-corrected chi connectivity index (χ2v) is 6.02. The van der Waals surface area contributed by atoms with Crippen LogP contribution >= 0.6 is 0 Å². The molecule has 2 N–H and O–H groups in total. The fourth-order valence-electron chi connectivity index (χ4n) is 2.81. The molecule has 0 saturated carbocycles. The Labute approximate surface area is 157 Å². The highest BCUT2D eigenvalue weighted by atomic mass is 16.2. The fourth-order valence-corrected chi connectivity index (χ4v) is 2.81. The minimum Gasteiger partial charge on any atom is -0.318 e. The Kier molecular flexibility index (Phi) is 5.47. The highest BCUT2D eigenvalue weighted by Gasteiger charge is 2.13. The second-order valence-electron chi connectivity index (χ2n) is 6.02. The van der Waals surface area contributed by atoms with Crippen LogP contribution in [-0.2, 0) is 9.59 Å². The summed E-state index contributed by atoms with van der Waals surface area (Å²) in [5.74, 6) is -1.60. The van der Waals surface area contributed by atoms with Crippen molar-refractivity contribution in [3.8, 4) is 5.69 Å². The number of hydrazone groups is 1. The van der Waals surface area contributed by atoms with Crippen molar-refractivity contribution in [1.29, 1.82) is 0 Å². The Hall–Kier alpha value is -3.67. The van der Waals surface area contributed by atoms with E-state index in [9.17, 15) is 9.59 Å². The Morgan fingerprint density at radius 3 is 2.22 bits per heavy atom. The normalized spacial score (nSPS) is 10.7. The number of aromatic nitrogens is 1. The number of carbonyl (C=O) groups is 2. The van der Waals surface area contributed by atoms with Crippen LogP contribution in [0, 0.1) is 13.8 Å². The number of amides is 2. The summed E-state index contributed by atoms with van der Waals surface area (Å²) in [7, 11) is 0. The number of nitrogens with zero attached hydrogens (tertiary/aromatic N) is 2. The Balaban J connectivity index is 1.66. The fraction of sp³-hybridized carbons (Fsp3) is 0.0952. The highest BCUT2D eigenvalue weighted by molar-refractivity contribution is 6.39. The monoisotopic (exact) mass is 360 g/mol. The molecule has 0 fully saturated rings. The largest absolute Gasteiger partial charge is 0.329 e. The lowest BCUT2D eigenvalue weighted by Crippen LogP contribution is -2.32. The minimum absolute atomic E-state index is 0.549. The first-order valence-corrected chi connectivity index (χ1v) is 8.50. The Morgan fingerprint density at radius 2 is 1.56 bits per heavy atom. The van der Waals surface area contributed by atoms with Crippen LogP contribution in [-0.4, -0.2) is 22.6 Å². The number of anilines is 1. The van der Waals surface area contributed by atoms with Gasteiger partial charge in [0.2, 0.25) is 0 Å². The zero-order chi connectivity index (χ0) is 19.2. The van der Waals surface area contributed by atoms with Gasteiger partial charge in [-0.1, -0.05) is 36.4 Å². The molecule has 27 heavy (non-hydrogen) atoms. The van der Waals surface area contributed by atoms with E-state index in [0.717, 1.165) is 22.6 Å². The second kappa shape index (κ2) is 8.14. The molecule has 2 aromatic carbocycles. The number of hydrogen-bond donors (Lipinski definition) is 2. The van der Waals surface area contributed by atoms with Gasteiger partial charge in [0.15, 0.2) is 0 Å². The van der Waals surface area contributed by atoms with Crippen LogP contribution in [0.1, 0.15) is 17.0 Å². The average Bonchev–Trinajstić information content (AvgIpc) is 2.96. The summed E-state index contributed by atoms with van der Waals surface area (Å²) in [6, 6.07) is 20.7.